The van der Waals surface area contributed by atoms with E-state index in [0.717, 1.165) is 24.8 Å². The highest BCUT2D eigenvalue weighted by Crippen LogP contribution is 2.28. The Morgan fingerprint density at radius 3 is 2.88 bits per heavy atom. The molecule has 1 aromatic rings. The number of aromatic nitrogens is 2. The van der Waals surface area contributed by atoms with Crippen LogP contribution in [0.1, 0.15) is 44.3 Å². The molecule has 1 aliphatic rings. The SMILES string of the molecule is Cn1c(Cl)cnc1CNCCCC1CCCC1. The van der Waals surface area contributed by atoms with Crippen LogP contribution < -0.4 is 5.32 Å². The molecule has 1 aliphatic carbocycles. The topological polar surface area (TPSA) is 29.9 Å². The zero-order chi connectivity index (χ0) is 12.1. The third kappa shape index (κ3) is 3.71. The van der Waals surface area contributed by atoms with Crippen molar-refractivity contribution in [1.82, 2.24) is 14.9 Å². The maximum absolute atomic E-state index is 5.93. The Morgan fingerprint density at radius 2 is 2.24 bits per heavy atom. The minimum absolute atomic E-state index is 0.702. The van der Waals surface area contributed by atoms with Crippen molar-refractivity contribution in [3.8, 4) is 0 Å². The summed E-state index contributed by atoms with van der Waals surface area (Å²) in [6.45, 7) is 1.90. The number of nitrogens with one attached hydrogen (secondary N) is 1. The van der Waals surface area contributed by atoms with Crippen molar-refractivity contribution in [1.29, 1.82) is 0 Å². The maximum atomic E-state index is 5.93. The Hall–Kier alpha value is -0.540. The third-order valence-electron chi connectivity index (χ3n) is 3.75. The minimum Gasteiger partial charge on any atom is -0.321 e. The fourth-order valence-electron chi connectivity index (χ4n) is 2.60. The third-order valence-corrected chi connectivity index (χ3v) is 4.10. The van der Waals surface area contributed by atoms with Gasteiger partial charge in [0.25, 0.3) is 0 Å². The molecule has 17 heavy (non-hydrogen) atoms. The zero-order valence-electron chi connectivity index (χ0n) is 10.6. The fourth-order valence-corrected chi connectivity index (χ4v) is 2.75. The van der Waals surface area contributed by atoms with Crippen molar-refractivity contribution in [3.63, 3.8) is 0 Å². The molecule has 3 nitrogen and oxygen atoms in total. The summed E-state index contributed by atoms with van der Waals surface area (Å²) in [6, 6.07) is 0. The summed E-state index contributed by atoms with van der Waals surface area (Å²) in [5, 5.41) is 4.14. The first-order chi connectivity index (χ1) is 8.27. The number of imidazole rings is 1. The molecular weight excluding hydrogens is 234 g/mol. The maximum Gasteiger partial charge on any atom is 0.128 e. The lowest BCUT2D eigenvalue weighted by Gasteiger charge is -2.09. The molecule has 0 bridgehead atoms. The van der Waals surface area contributed by atoms with Crippen LogP contribution in [0.5, 0.6) is 0 Å². The van der Waals surface area contributed by atoms with E-state index in [1.807, 2.05) is 11.6 Å². The van der Waals surface area contributed by atoms with Crippen LogP contribution in [0.4, 0.5) is 0 Å². The fraction of sp³-hybridized carbons (Fsp3) is 0.769. The van der Waals surface area contributed by atoms with E-state index in [4.69, 9.17) is 11.6 Å². The summed E-state index contributed by atoms with van der Waals surface area (Å²) < 4.78 is 1.92. The van der Waals surface area contributed by atoms with Gasteiger partial charge in [0.2, 0.25) is 0 Å². The van der Waals surface area contributed by atoms with Gasteiger partial charge in [0, 0.05) is 7.05 Å². The highest BCUT2D eigenvalue weighted by atomic mass is 35.5. The molecule has 0 radical (unpaired) electrons. The molecule has 2 rings (SSSR count). The van der Waals surface area contributed by atoms with E-state index in [9.17, 15) is 0 Å². The number of rotatable bonds is 6. The lowest BCUT2D eigenvalue weighted by atomic mass is 10.0. The molecule has 0 spiro atoms. The minimum atomic E-state index is 0.702. The van der Waals surface area contributed by atoms with Gasteiger partial charge in [-0.3, -0.25) is 0 Å². The molecule has 1 aromatic heterocycles. The summed E-state index contributed by atoms with van der Waals surface area (Å²) in [7, 11) is 1.95. The van der Waals surface area contributed by atoms with Gasteiger partial charge in [-0.2, -0.15) is 0 Å². The Kier molecular flexibility index (Phi) is 4.86. The Balaban J connectivity index is 1.58. The second-order valence-electron chi connectivity index (χ2n) is 5.03. The molecular formula is C13H22ClN3. The lowest BCUT2D eigenvalue weighted by molar-refractivity contribution is 0.468. The average molecular weight is 256 g/mol. The Labute approximate surface area is 109 Å². The van der Waals surface area contributed by atoms with E-state index in [1.54, 1.807) is 6.20 Å². The van der Waals surface area contributed by atoms with Crippen LogP contribution in [0.15, 0.2) is 6.20 Å². The van der Waals surface area contributed by atoms with E-state index in [-0.39, 0.29) is 0 Å². The van der Waals surface area contributed by atoms with Crippen LogP contribution in [-0.4, -0.2) is 16.1 Å². The largest absolute Gasteiger partial charge is 0.321 e. The number of hydrogen-bond donors (Lipinski definition) is 1. The smallest absolute Gasteiger partial charge is 0.128 e. The van der Waals surface area contributed by atoms with Crippen LogP contribution >= 0.6 is 11.6 Å². The van der Waals surface area contributed by atoms with Crippen LogP contribution in [0.25, 0.3) is 0 Å². The van der Waals surface area contributed by atoms with Crippen molar-refractivity contribution in [2.24, 2.45) is 13.0 Å². The van der Waals surface area contributed by atoms with Crippen molar-refractivity contribution >= 4 is 11.6 Å². The van der Waals surface area contributed by atoms with Crippen molar-refractivity contribution in [3.05, 3.63) is 17.2 Å². The van der Waals surface area contributed by atoms with Gasteiger partial charge < -0.3 is 9.88 Å². The van der Waals surface area contributed by atoms with Gasteiger partial charge in [0.1, 0.15) is 11.0 Å². The first-order valence-electron chi connectivity index (χ1n) is 6.64. The monoisotopic (exact) mass is 255 g/mol. The van der Waals surface area contributed by atoms with Gasteiger partial charge >= 0.3 is 0 Å². The molecule has 0 amide bonds. The normalized spacial score (nSPS) is 16.8. The zero-order valence-corrected chi connectivity index (χ0v) is 11.3. The average Bonchev–Trinajstić information content (AvgIpc) is 2.93. The number of halogens is 1. The molecule has 0 saturated heterocycles. The lowest BCUT2D eigenvalue weighted by Crippen LogP contribution is -2.18. The van der Waals surface area contributed by atoms with Crippen LogP contribution in [-0.2, 0) is 13.6 Å². The van der Waals surface area contributed by atoms with Gasteiger partial charge in [-0.25, -0.2) is 4.98 Å². The first-order valence-corrected chi connectivity index (χ1v) is 7.02. The molecule has 0 aromatic carbocycles. The predicted molar refractivity (Wildman–Crippen MR) is 71.1 cm³/mol. The second kappa shape index (κ2) is 6.41. The van der Waals surface area contributed by atoms with E-state index >= 15 is 0 Å². The van der Waals surface area contributed by atoms with E-state index < -0.39 is 0 Å². The van der Waals surface area contributed by atoms with Crippen molar-refractivity contribution < 1.29 is 0 Å². The number of hydrogen-bond acceptors (Lipinski definition) is 2. The van der Waals surface area contributed by atoms with Crippen LogP contribution in [0.2, 0.25) is 5.15 Å². The van der Waals surface area contributed by atoms with Gasteiger partial charge in [-0.15, -0.1) is 0 Å². The molecule has 1 heterocycles. The molecule has 0 unspecified atom stereocenters. The summed E-state index contributed by atoms with van der Waals surface area (Å²) in [6.07, 6.45) is 10.2. The standard InChI is InChI=1S/C13H22ClN3/c1-17-12(14)9-16-13(17)10-15-8-4-7-11-5-2-3-6-11/h9,11,15H,2-8,10H2,1H3. The Bertz CT molecular complexity index is 342. The van der Waals surface area contributed by atoms with Crippen molar-refractivity contribution in [2.45, 2.75) is 45.1 Å². The summed E-state index contributed by atoms with van der Waals surface area (Å²) in [4.78, 5) is 4.26. The van der Waals surface area contributed by atoms with E-state index in [2.05, 4.69) is 10.3 Å². The highest BCUT2D eigenvalue weighted by molar-refractivity contribution is 6.29. The molecule has 0 atom stereocenters. The van der Waals surface area contributed by atoms with Crippen LogP contribution in [0.3, 0.4) is 0 Å². The molecule has 1 N–H and O–H groups in total. The molecule has 1 saturated carbocycles. The molecule has 1 fully saturated rings. The van der Waals surface area contributed by atoms with Gasteiger partial charge in [-0.1, -0.05) is 37.3 Å². The van der Waals surface area contributed by atoms with Gasteiger partial charge in [-0.05, 0) is 25.3 Å². The Morgan fingerprint density at radius 1 is 1.47 bits per heavy atom. The van der Waals surface area contributed by atoms with Crippen molar-refractivity contribution in [2.75, 3.05) is 6.54 Å². The first kappa shape index (κ1) is 12.9. The summed E-state index contributed by atoms with van der Waals surface area (Å²) >= 11 is 5.93. The van der Waals surface area contributed by atoms with Gasteiger partial charge in [0.15, 0.2) is 0 Å². The van der Waals surface area contributed by atoms with Crippen LogP contribution in [0, 0.1) is 5.92 Å². The highest BCUT2D eigenvalue weighted by Gasteiger charge is 2.13. The number of nitrogens with zero attached hydrogens (tertiary/aromatic N) is 2. The second-order valence-corrected chi connectivity index (χ2v) is 5.41. The van der Waals surface area contributed by atoms with E-state index in [1.165, 1.54) is 38.5 Å². The molecule has 4 heteroatoms. The molecule has 0 aliphatic heterocycles. The molecule has 96 valence electrons. The summed E-state index contributed by atoms with van der Waals surface area (Å²) in [5.41, 5.74) is 0. The van der Waals surface area contributed by atoms with E-state index in [0.29, 0.717) is 5.15 Å². The van der Waals surface area contributed by atoms with Gasteiger partial charge in [0.05, 0.1) is 12.7 Å². The quantitative estimate of drug-likeness (QED) is 0.792. The summed E-state index contributed by atoms with van der Waals surface area (Å²) in [5.74, 6) is 2.01. The predicted octanol–water partition coefficient (Wildman–Crippen LogP) is 3.13.